The Morgan fingerprint density at radius 1 is 1.29 bits per heavy atom. The summed E-state index contributed by atoms with van der Waals surface area (Å²) in [6.07, 6.45) is 2.56. The van der Waals surface area contributed by atoms with E-state index in [2.05, 4.69) is 43.0 Å². The van der Waals surface area contributed by atoms with E-state index in [9.17, 15) is 0 Å². The number of likely N-dealkylation sites (tertiary alicyclic amines) is 1. The van der Waals surface area contributed by atoms with E-state index in [-0.39, 0.29) is 0 Å². The minimum atomic E-state index is 0.597. The molecule has 0 radical (unpaired) electrons. The predicted octanol–water partition coefficient (Wildman–Crippen LogP) is 2.73. The lowest BCUT2D eigenvalue weighted by molar-refractivity contribution is 0.250. The van der Waals surface area contributed by atoms with Crippen molar-refractivity contribution < 1.29 is 0 Å². The maximum atomic E-state index is 5.80. The Hall–Kier alpha value is -0.860. The Bertz CT molecular complexity index is 342. The highest BCUT2D eigenvalue weighted by atomic mass is 15.2. The van der Waals surface area contributed by atoms with Gasteiger partial charge >= 0.3 is 0 Å². The molecule has 1 saturated heterocycles. The van der Waals surface area contributed by atoms with Crippen LogP contribution in [0.4, 0.5) is 0 Å². The number of hydrogen-bond acceptors (Lipinski definition) is 2. The van der Waals surface area contributed by atoms with Gasteiger partial charge in [-0.1, -0.05) is 38.1 Å². The molecule has 1 heterocycles. The third-order valence-electron chi connectivity index (χ3n) is 3.80. The Morgan fingerprint density at radius 3 is 2.59 bits per heavy atom. The van der Waals surface area contributed by atoms with Gasteiger partial charge in [-0.05, 0) is 36.4 Å². The Labute approximate surface area is 105 Å². The first kappa shape index (κ1) is 12.6. The molecule has 2 N–H and O–H groups in total. The first-order valence-corrected chi connectivity index (χ1v) is 6.73. The van der Waals surface area contributed by atoms with E-state index in [1.165, 1.54) is 30.5 Å². The van der Waals surface area contributed by atoms with Crippen molar-refractivity contribution in [1.29, 1.82) is 0 Å². The smallest absolute Gasteiger partial charge is 0.0237 e. The molecule has 1 aliphatic rings. The van der Waals surface area contributed by atoms with Crippen LogP contribution in [0.3, 0.4) is 0 Å². The highest BCUT2D eigenvalue weighted by molar-refractivity contribution is 5.24. The summed E-state index contributed by atoms with van der Waals surface area (Å²) in [5, 5.41) is 0. The van der Waals surface area contributed by atoms with E-state index in [4.69, 9.17) is 5.73 Å². The standard InChI is InChI=1S/C15H24N2/c1-12(2)14-7-5-13(6-8-14)11-17-9-3-4-15(17)10-16/h5-8,12,15H,3-4,9-11,16H2,1-2H3. The summed E-state index contributed by atoms with van der Waals surface area (Å²) in [6, 6.07) is 9.64. The second kappa shape index (κ2) is 5.65. The molecule has 0 aromatic heterocycles. The molecular formula is C15H24N2. The largest absolute Gasteiger partial charge is 0.329 e. The topological polar surface area (TPSA) is 29.3 Å². The van der Waals surface area contributed by atoms with Crippen LogP contribution in [-0.4, -0.2) is 24.0 Å². The van der Waals surface area contributed by atoms with Crippen LogP contribution in [0.5, 0.6) is 0 Å². The lowest BCUT2D eigenvalue weighted by Gasteiger charge is -2.23. The number of benzene rings is 1. The van der Waals surface area contributed by atoms with Crippen LogP contribution >= 0.6 is 0 Å². The molecular weight excluding hydrogens is 208 g/mol. The van der Waals surface area contributed by atoms with Gasteiger partial charge in [-0.2, -0.15) is 0 Å². The molecule has 2 nitrogen and oxygen atoms in total. The van der Waals surface area contributed by atoms with E-state index < -0.39 is 0 Å². The van der Waals surface area contributed by atoms with Gasteiger partial charge in [0.25, 0.3) is 0 Å². The minimum Gasteiger partial charge on any atom is -0.329 e. The SMILES string of the molecule is CC(C)c1ccc(CN2CCCC2CN)cc1. The number of rotatable bonds is 4. The van der Waals surface area contributed by atoms with Gasteiger partial charge in [-0.25, -0.2) is 0 Å². The van der Waals surface area contributed by atoms with E-state index in [0.717, 1.165) is 13.1 Å². The highest BCUT2D eigenvalue weighted by Crippen LogP contribution is 2.20. The Morgan fingerprint density at radius 2 is 2.00 bits per heavy atom. The van der Waals surface area contributed by atoms with E-state index >= 15 is 0 Å². The third kappa shape index (κ3) is 3.08. The zero-order chi connectivity index (χ0) is 12.3. The van der Waals surface area contributed by atoms with Gasteiger partial charge < -0.3 is 5.73 Å². The quantitative estimate of drug-likeness (QED) is 0.865. The molecule has 1 unspecified atom stereocenters. The van der Waals surface area contributed by atoms with Crippen LogP contribution < -0.4 is 5.73 Å². The zero-order valence-electron chi connectivity index (χ0n) is 11.0. The summed E-state index contributed by atoms with van der Waals surface area (Å²) in [6.45, 7) is 7.53. The van der Waals surface area contributed by atoms with Gasteiger partial charge in [-0.15, -0.1) is 0 Å². The fourth-order valence-corrected chi connectivity index (χ4v) is 2.61. The third-order valence-corrected chi connectivity index (χ3v) is 3.80. The van der Waals surface area contributed by atoms with Crippen molar-refractivity contribution >= 4 is 0 Å². The van der Waals surface area contributed by atoms with Crippen LogP contribution in [0, 0.1) is 0 Å². The van der Waals surface area contributed by atoms with Gasteiger partial charge in [0, 0.05) is 19.1 Å². The maximum absolute atomic E-state index is 5.80. The van der Waals surface area contributed by atoms with Crippen LogP contribution in [0.2, 0.25) is 0 Å². The van der Waals surface area contributed by atoms with Crippen LogP contribution in [-0.2, 0) is 6.54 Å². The first-order chi connectivity index (χ1) is 8.20. The van der Waals surface area contributed by atoms with Crippen molar-refractivity contribution in [2.45, 2.75) is 45.2 Å². The molecule has 0 saturated carbocycles. The molecule has 1 aromatic rings. The molecule has 2 heteroatoms. The maximum Gasteiger partial charge on any atom is 0.0237 e. The average molecular weight is 232 g/mol. The van der Waals surface area contributed by atoms with Crippen LogP contribution in [0.1, 0.15) is 43.7 Å². The predicted molar refractivity (Wildman–Crippen MR) is 73.0 cm³/mol. The molecule has 0 bridgehead atoms. The van der Waals surface area contributed by atoms with Crippen molar-refractivity contribution in [2.75, 3.05) is 13.1 Å². The second-order valence-electron chi connectivity index (χ2n) is 5.40. The second-order valence-corrected chi connectivity index (χ2v) is 5.40. The number of nitrogens with two attached hydrogens (primary N) is 1. The molecule has 17 heavy (non-hydrogen) atoms. The van der Waals surface area contributed by atoms with Crippen LogP contribution in [0.15, 0.2) is 24.3 Å². The zero-order valence-corrected chi connectivity index (χ0v) is 11.0. The van der Waals surface area contributed by atoms with Crippen molar-refractivity contribution in [1.82, 2.24) is 4.90 Å². The van der Waals surface area contributed by atoms with Crippen molar-refractivity contribution in [3.63, 3.8) is 0 Å². The van der Waals surface area contributed by atoms with Crippen molar-refractivity contribution in [2.24, 2.45) is 5.73 Å². The normalized spacial score (nSPS) is 21.3. The fraction of sp³-hybridized carbons (Fsp3) is 0.600. The van der Waals surface area contributed by atoms with Gasteiger partial charge in [0.2, 0.25) is 0 Å². The molecule has 1 aromatic carbocycles. The molecule has 0 amide bonds. The molecule has 1 aliphatic heterocycles. The van der Waals surface area contributed by atoms with E-state index in [1.807, 2.05) is 0 Å². The van der Waals surface area contributed by atoms with Gasteiger partial charge in [0.15, 0.2) is 0 Å². The van der Waals surface area contributed by atoms with E-state index in [1.54, 1.807) is 0 Å². The van der Waals surface area contributed by atoms with Crippen molar-refractivity contribution in [3.05, 3.63) is 35.4 Å². The average Bonchev–Trinajstić information content (AvgIpc) is 2.77. The van der Waals surface area contributed by atoms with Gasteiger partial charge in [0.1, 0.15) is 0 Å². The summed E-state index contributed by atoms with van der Waals surface area (Å²) in [7, 11) is 0. The molecule has 94 valence electrons. The fourth-order valence-electron chi connectivity index (χ4n) is 2.61. The lowest BCUT2D eigenvalue weighted by Crippen LogP contribution is -2.34. The summed E-state index contributed by atoms with van der Waals surface area (Å²) in [5.41, 5.74) is 8.63. The van der Waals surface area contributed by atoms with E-state index in [0.29, 0.717) is 12.0 Å². The summed E-state index contributed by atoms with van der Waals surface area (Å²) in [5.74, 6) is 0.618. The first-order valence-electron chi connectivity index (χ1n) is 6.73. The number of hydrogen-bond donors (Lipinski definition) is 1. The monoisotopic (exact) mass is 232 g/mol. The molecule has 1 fully saturated rings. The molecule has 0 spiro atoms. The van der Waals surface area contributed by atoms with Crippen LogP contribution in [0.25, 0.3) is 0 Å². The van der Waals surface area contributed by atoms with Crippen molar-refractivity contribution in [3.8, 4) is 0 Å². The minimum absolute atomic E-state index is 0.597. The Kier molecular flexibility index (Phi) is 4.19. The van der Waals surface area contributed by atoms with Gasteiger partial charge in [-0.3, -0.25) is 4.90 Å². The lowest BCUT2D eigenvalue weighted by atomic mass is 10.0. The molecule has 1 atom stereocenters. The number of nitrogens with zero attached hydrogens (tertiary/aromatic N) is 1. The summed E-state index contributed by atoms with van der Waals surface area (Å²) >= 11 is 0. The highest BCUT2D eigenvalue weighted by Gasteiger charge is 2.22. The Balaban J connectivity index is 1.99. The van der Waals surface area contributed by atoms with Gasteiger partial charge in [0.05, 0.1) is 0 Å². The molecule has 2 rings (SSSR count). The molecule has 0 aliphatic carbocycles. The summed E-state index contributed by atoms with van der Waals surface area (Å²) < 4.78 is 0. The summed E-state index contributed by atoms with van der Waals surface area (Å²) in [4.78, 5) is 2.52.